The first-order valence-electron chi connectivity index (χ1n) is 7.98. The molecule has 27 heavy (non-hydrogen) atoms. The van der Waals surface area contributed by atoms with Crippen LogP contribution in [0.1, 0.15) is 28.9 Å². The monoisotopic (exact) mass is 389 g/mol. The second-order valence-corrected chi connectivity index (χ2v) is 6.04. The largest absolute Gasteiger partial charge is 0.468 e. The van der Waals surface area contributed by atoms with E-state index in [1.165, 1.54) is 7.11 Å². The van der Waals surface area contributed by atoms with Crippen molar-refractivity contribution in [1.29, 1.82) is 0 Å². The molecule has 1 heterocycles. The molecule has 0 aromatic carbocycles. The topological polar surface area (TPSA) is 118 Å². The van der Waals surface area contributed by atoms with Crippen LogP contribution in [-0.4, -0.2) is 53.7 Å². The molecule has 0 aliphatic heterocycles. The van der Waals surface area contributed by atoms with Crippen molar-refractivity contribution in [3.05, 3.63) is 29.6 Å². The second-order valence-electron chi connectivity index (χ2n) is 6.04. The second kappa shape index (κ2) is 8.33. The number of nitrogens with zero attached hydrogens (tertiary/aromatic N) is 1. The van der Waals surface area contributed by atoms with Gasteiger partial charge in [0.25, 0.3) is 5.91 Å². The Morgan fingerprint density at radius 1 is 1.30 bits per heavy atom. The van der Waals surface area contributed by atoms with Crippen molar-refractivity contribution in [2.75, 3.05) is 13.7 Å². The highest BCUT2D eigenvalue weighted by molar-refractivity contribution is 5.94. The molecule has 0 unspecified atom stereocenters. The third kappa shape index (κ3) is 5.39. The molecule has 0 saturated heterocycles. The summed E-state index contributed by atoms with van der Waals surface area (Å²) >= 11 is 0. The van der Waals surface area contributed by atoms with Crippen LogP contribution in [0, 0.1) is 5.92 Å². The van der Waals surface area contributed by atoms with Gasteiger partial charge in [0.2, 0.25) is 5.91 Å². The lowest BCUT2D eigenvalue weighted by atomic mass is 10.1. The summed E-state index contributed by atoms with van der Waals surface area (Å²) in [5, 5.41) is 14.9. The third-order valence-electron chi connectivity index (χ3n) is 4.17. The standard InChI is InChI=1S/C16H18F3N3O5/c1-27-13(24)7-21-14(25)9-4-10(11(23)5-9)22-15(26)8-2-3-12(20-6-8)16(17,18)19/h2-3,6,9-11,23H,4-5,7H2,1H3,(H,21,25)(H,22,26)/t9-,10-,11-/m0/s1. The molecule has 0 spiro atoms. The minimum Gasteiger partial charge on any atom is -0.468 e. The number of methoxy groups -OCH3 is 1. The van der Waals surface area contributed by atoms with Crippen molar-refractivity contribution in [2.24, 2.45) is 5.92 Å². The first-order valence-corrected chi connectivity index (χ1v) is 7.98. The molecule has 1 saturated carbocycles. The van der Waals surface area contributed by atoms with Crippen LogP contribution in [0.2, 0.25) is 0 Å². The molecular formula is C16H18F3N3O5. The molecule has 1 aromatic heterocycles. The molecule has 8 nitrogen and oxygen atoms in total. The molecule has 0 radical (unpaired) electrons. The molecule has 2 amide bonds. The number of carbonyl (C=O) groups excluding carboxylic acids is 3. The van der Waals surface area contributed by atoms with Crippen molar-refractivity contribution in [2.45, 2.75) is 31.2 Å². The summed E-state index contributed by atoms with van der Waals surface area (Å²) in [6.07, 6.45) is -4.64. The van der Waals surface area contributed by atoms with Gasteiger partial charge in [0, 0.05) is 12.1 Å². The molecule has 1 aromatic rings. The van der Waals surface area contributed by atoms with E-state index in [4.69, 9.17) is 0 Å². The summed E-state index contributed by atoms with van der Waals surface area (Å²) in [6.45, 7) is -0.309. The number of ether oxygens (including phenoxy) is 1. The highest BCUT2D eigenvalue weighted by Crippen LogP contribution is 2.28. The average molecular weight is 389 g/mol. The number of esters is 1. The number of carbonyl (C=O) groups is 3. The molecule has 3 N–H and O–H groups in total. The van der Waals surface area contributed by atoms with Crippen LogP contribution >= 0.6 is 0 Å². The molecule has 2 rings (SSSR count). The number of alkyl halides is 3. The summed E-state index contributed by atoms with van der Waals surface area (Å²) in [5.41, 5.74) is -1.23. The Morgan fingerprint density at radius 2 is 2.00 bits per heavy atom. The van der Waals surface area contributed by atoms with Crippen LogP contribution in [0.4, 0.5) is 13.2 Å². The van der Waals surface area contributed by atoms with Crippen LogP contribution in [0.25, 0.3) is 0 Å². The van der Waals surface area contributed by atoms with Crippen molar-refractivity contribution in [3.63, 3.8) is 0 Å². The molecule has 0 bridgehead atoms. The molecule has 1 aliphatic carbocycles. The predicted molar refractivity (Wildman–Crippen MR) is 84.2 cm³/mol. The molecule has 3 atom stereocenters. The van der Waals surface area contributed by atoms with Gasteiger partial charge in [-0.3, -0.25) is 19.4 Å². The number of hydrogen-bond acceptors (Lipinski definition) is 6. The van der Waals surface area contributed by atoms with E-state index in [0.29, 0.717) is 6.07 Å². The van der Waals surface area contributed by atoms with Crippen molar-refractivity contribution in [1.82, 2.24) is 15.6 Å². The zero-order valence-corrected chi connectivity index (χ0v) is 14.2. The maximum absolute atomic E-state index is 12.5. The van der Waals surface area contributed by atoms with Crippen LogP contribution < -0.4 is 10.6 Å². The van der Waals surface area contributed by atoms with Gasteiger partial charge in [-0.15, -0.1) is 0 Å². The van der Waals surface area contributed by atoms with Gasteiger partial charge in [-0.2, -0.15) is 13.2 Å². The van der Waals surface area contributed by atoms with Crippen molar-refractivity contribution in [3.8, 4) is 0 Å². The number of rotatable bonds is 5. The van der Waals surface area contributed by atoms with E-state index in [-0.39, 0.29) is 24.9 Å². The highest BCUT2D eigenvalue weighted by Gasteiger charge is 2.38. The fraction of sp³-hybridized carbons (Fsp3) is 0.500. The Morgan fingerprint density at radius 3 is 2.56 bits per heavy atom. The Labute approximate surface area is 152 Å². The van der Waals surface area contributed by atoms with E-state index in [1.54, 1.807) is 0 Å². The number of aliphatic hydroxyl groups is 1. The molecular weight excluding hydrogens is 371 g/mol. The quantitative estimate of drug-likeness (QED) is 0.622. The van der Waals surface area contributed by atoms with Crippen LogP contribution in [0.3, 0.4) is 0 Å². The van der Waals surface area contributed by atoms with E-state index >= 15 is 0 Å². The summed E-state index contributed by atoms with van der Waals surface area (Å²) < 4.78 is 41.9. The smallest absolute Gasteiger partial charge is 0.433 e. The molecule has 148 valence electrons. The van der Waals surface area contributed by atoms with Gasteiger partial charge in [-0.25, -0.2) is 0 Å². The molecule has 1 fully saturated rings. The Bertz CT molecular complexity index is 708. The number of hydrogen-bond donors (Lipinski definition) is 3. The first-order chi connectivity index (χ1) is 12.6. The first kappa shape index (κ1) is 20.6. The summed E-state index contributed by atoms with van der Waals surface area (Å²) in [6, 6.07) is 0.907. The maximum Gasteiger partial charge on any atom is 0.433 e. The van der Waals surface area contributed by atoms with E-state index in [2.05, 4.69) is 20.4 Å². The number of amides is 2. The van der Waals surface area contributed by atoms with Gasteiger partial charge in [-0.05, 0) is 25.0 Å². The minimum absolute atomic E-state index is 0.0726. The minimum atomic E-state index is -4.61. The Hall–Kier alpha value is -2.69. The number of pyridine rings is 1. The predicted octanol–water partition coefficient (Wildman–Crippen LogP) is 0.259. The number of aliphatic hydroxyl groups excluding tert-OH is 1. The van der Waals surface area contributed by atoms with Gasteiger partial charge in [0.15, 0.2) is 0 Å². The number of halogens is 3. The van der Waals surface area contributed by atoms with Crippen LogP contribution in [0.15, 0.2) is 18.3 Å². The third-order valence-corrected chi connectivity index (χ3v) is 4.17. The van der Waals surface area contributed by atoms with Crippen LogP contribution in [0.5, 0.6) is 0 Å². The van der Waals surface area contributed by atoms with Gasteiger partial charge in [-0.1, -0.05) is 0 Å². The SMILES string of the molecule is COC(=O)CNC(=O)[C@H]1C[C@H](NC(=O)c2ccc(C(F)(F)F)nc2)[C@@H](O)C1. The van der Waals surface area contributed by atoms with E-state index in [9.17, 15) is 32.7 Å². The van der Waals surface area contributed by atoms with Gasteiger partial charge in [0.1, 0.15) is 12.2 Å². The van der Waals surface area contributed by atoms with Gasteiger partial charge < -0.3 is 20.5 Å². The average Bonchev–Trinajstić information content (AvgIpc) is 2.99. The van der Waals surface area contributed by atoms with E-state index in [1.807, 2.05) is 0 Å². The van der Waals surface area contributed by atoms with Crippen molar-refractivity contribution < 1.29 is 37.4 Å². The van der Waals surface area contributed by atoms with Gasteiger partial charge in [0.05, 0.1) is 24.8 Å². The molecule has 1 aliphatic rings. The summed E-state index contributed by atoms with van der Waals surface area (Å²) in [4.78, 5) is 38.3. The zero-order valence-electron chi connectivity index (χ0n) is 14.2. The molecule has 11 heteroatoms. The number of aromatic nitrogens is 1. The van der Waals surface area contributed by atoms with E-state index in [0.717, 1.165) is 12.3 Å². The lowest BCUT2D eigenvalue weighted by Gasteiger charge is -2.16. The summed E-state index contributed by atoms with van der Waals surface area (Å²) in [7, 11) is 1.18. The van der Waals surface area contributed by atoms with E-state index < -0.39 is 47.7 Å². The van der Waals surface area contributed by atoms with Crippen molar-refractivity contribution >= 4 is 17.8 Å². The normalized spacial score (nSPS) is 22.2. The number of nitrogens with one attached hydrogen (secondary N) is 2. The summed E-state index contributed by atoms with van der Waals surface area (Å²) in [5.74, 6) is -2.43. The fourth-order valence-electron chi connectivity index (χ4n) is 2.71. The maximum atomic E-state index is 12.5. The lowest BCUT2D eigenvalue weighted by Crippen LogP contribution is -2.40. The van der Waals surface area contributed by atoms with Gasteiger partial charge >= 0.3 is 12.1 Å². The fourth-order valence-corrected chi connectivity index (χ4v) is 2.71. The zero-order chi connectivity index (χ0) is 20.2. The lowest BCUT2D eigenvalue weighted by molar-refractivity contribution is -0.142. The highest BCUT2D eigenvalue weighted by atomic mass is 19.4. The van der Waals surface area contributed by atoms with Crippen LogP contribution in [-0.2, 0) is 20.5 Å². The Balaban J connectivity index is 1.92. The Kier molecular flexibility index (Phi) is 6.37.